The van der Waals surface area contributed by atoms with Gasteiger partial charge in [-0.25, -0.2) is 4.98 Å². The second kappa shape index (κ2) is 7.02. The van der Waals surface area contributed by atoms with Gasteiger partial charge in [-0.1, -0.05) is 24.3 Å². The van der Waals surface area contributed by atoms with Crippen LogP contribution in [0.4, 0.5) is 17.2 Å². The van der Waals surface area contributed by atoms with Gasteiger partial charge in [-0.3, -0.25) is 14.4 Å². The highest BCUT2D eigenvalue weighted by Crippen LogP contribution is 2.47. The van der Waals surface area contributed by atoms with Crippen LogP contribution in [-0.2, 0) is 45.6 Å². The van der Waals surface area contributed by atoms with E-state index in [-0.39, 0.29) is 24.3 Å². The van der Waals surface area contributed by atoms with Crippen LogP contribution in [0.2, 0.25) is 0 Å². The normalized spacial score (nSPS) is 19.4. The zero-order chi connectivity index (χ0) is 23.7. The van der Waals surface area contributed by atoms with E-state index < -0.39 is 5.41 Å². The smallest absolute Gasteiger partial charge is 0.244 e. The number of benzene rings is 2. The fourth-order valence-corrected chi connectivity index (χ4v) is 5.87. The Kier molecular flexibility index (Phi) is 4.00. The zero-order valence-corrected chi connectivity index (χ0v) is 18.7. The summed E-state index contributed by atoms with van der Waals surface area (Å²) in [5.41, 5.74) is 5.80. The zero-order valence-electron chi connectivity index (χ0n) is 18.7. The van der Waals surface area contributed by atoms with E-state index >= 15 is 0 Å². The molecule has 1 spiro atoms. The third-order valence-electron chi connectivity index (χ3n) is 7.40. The summed E-state index contributed by atoms with van der Waals surface area (Å²) in [6, 6.07) is 15.5. The molecule has 4 aromatic rings. The number of aromatic nitrogens is 2. The first-order chi connectivity index (χ1) is 17.0. The lowest BCUT2D eigenvalue weighted by Gasteiger charge is -2.20. The van der Waals surface area contributed by atoms with Crippen LogP contribution in [0.1, 0.15) is 22.3 Å². The van der Waals surface area contributed by atoms with Gasteiger partial charge in [0.25, 0.3) is 0 Å². The van der Waals surface area contributed by atoms with Crippen LogP contribution < -0.4 is 16.0 Å². The summed E-state index contributed by atoms with van der Waals surface area (Å²) in [6.45, 7) is 0.123. The van der Waals surface area contributed by atoms with E-state index in [1.165, 1.54) is 0 Å². The number of rotatable bonds is 3. The van der Waals surface area contributed by atoms with Gasteiger partial charge in [-0.2, -0.15) is 0 Å². The van der Waals surface area contributed by atoms with Gasteiger partial charge < -0.3 is 20.5 Å². The van der Waals surface area contributed by atoms with E-state index in [2.05, 4.69) is 20.9 Å². The van der Waals surface area contributed by atoms with E-state index in [4.69, 9.17) is 0 Å². The summed E-state index contributed by atoms with van der Waals surface area (Å²) in [5, 5.41) is 9.82. The lowest BCUT2D eigenvalue weighted by molar-refractivity contribution is -0.120. The molecule has 0 bridgehead atoms. The molecule has 172 valence electrons. The molecule has 2 aromatic heterocycles. The molecule has 2 aromatic carbocycles. The molecule has 4 heterocycles. The number of carbonyl (C=O) groups is 3. The molecule has 3 N–H and O–H groups in total. The van der Waals surface area contributed by atoms with E-state index in [0.717, 1.165) is 38.8 Å². The highest BCUT2D eigenvalue weighted by Gasteiger charge is 2.51. The van der Waals surface area contributed by atoms with Gasteiger partial charge in [0.2, 0.25) is 17.7 Å². The Bertz CT molecular complexity index is 1600. The Balaban J connectivity index is 1.13. The van der Waals surface area contributed by atoms with Gasteiger partial charge >= 0.3 is 0 Å². The lowest BCUT2D eigenvalue weighted by atomic mass is 9.79. The number of hydrogen-bond acceptors (Lipinski definition) is 4. The minimum Gasteiger partial charge on any atom is -0.336 e. The van der Waals surface area contributed by atoms with Crippen LogP contribution in [0.5, 0.6) is 0 Å². The quantitative estimate of drug-likeness (QED) is 0.434. The monoisotopic (exact) mass is 463 g/mol. The van der Waals surface area contributed by atoms with Gasteiger partial charge in [-0.05, 0) is 53.8 Å². The van der Waals surface area contributed by atoms with Crippen molar-refractivity contribution in [3.05, 3.63) is 83.2 Å². The van der Waals surface area contributed by atoms with E-state index in [1.54, 1.807) is 6.20 Å². The first kappa shape index (κ1) is 20.0. The molecule has 8 heteroatoms. The molecule has 7 rings (SSSR count). The van der Waals surface area contributed by atoms with Crippen LogP contribution in [0.25, 0.3) is 10.9 Å². The fraction of sp³-hybridized carbons (Fsp3) is 0.185. The third kappa shape index (κ3) is 2.92. The summed E-state index contributed by atoms with van der Waals surface area (Å²) in [5.74, 6) is 0.412. The number of nitrogens with zero attached hydrogens (tertiary/aromatic N) is 2. The van der Waals surface area contributed by atoms with Crippen molar-refractivity contribution in [2.24, 2.45) is 0 Å². The average Bonchev–Trinajstić information content (AvgIpc) is 3.47. The number of carbonyl (C=O) groups excluding carboxylic acids is 3. The van der Waals surface area contributed by atoms with Gasteiger partial charge in [0.1, 0.15) is 12.4 Å². The van der Waals surface area contributed by atoms with Crippen LogP contribution in [-0.4, -0.2) is 27.3 Å². The molecule has 0 fully saturated rings. The molecule has 3 amide bonds. The average molecular weight is 463 g/mol. The van der Waals surface area contributed by atoms with Gasteiger partial charge in [0, 0.05) is 29.0 Å². The molecule has 1 atom stereocenters. The number of anilines is 3. The van der Waals surface area contributed by atoms with Crippen molar-refractivity contribution in [1.29, 1.82) is 0 Å². The van der Waals surface area contributed by atoms with Crippen LogP contribution in [0.15, 0.2) is 60.9 Å². The Hall–Kier alpha value is -4.46. The molecular formula is C27H21N5O3. The van der Waals surface area contributed by atoms with Crippen LogP contribution in [0.3, 0.4) is 0 Å². The molecule has 0 saturated heterocycles. The second-order valence-corrected chi connectivity index (χ2v) is 9.53. The highest BCUT2D eigenvalue weighted by molar-refractivity contribution is 6.09. The topological polar surface area (TPSA) is 105 Å². The van der Waals surface area contributed by atoms with E-state index in [0.29, 0.717) is 30.8 Å². The molecule has 8 nitrogen and oxygen atoms in total. The number of hydrogen-bond donors (Lipinski definition) is 3. The maximum Gasteiger partial charge on any atom is 0.244 e. The predicted molar refractivity (Wildman–Crippen MR) is 131 cm³/mol. The Morgan fingerprint density at radius 3 is 2.83 bits per heavy atom. The summed E-state index contributed by atoms with van der Waals surface area (Å²) in [4.78, 5) is 42.2. The van der Waals surface area contributed by atoms with Crippen molar-refractivity contribution in [2.45, 2.75) is 31.2 Å². The van der Waals surface area contributed by atoms with Gasteiger partial charge in [0.05, 0.1) is 23.0 Å². The largest absolute Gasteiger partial charge is 0.336 e. The number of nitrogens with one attached hydrogen (secondary N) is 3. The molecule has 1 unspecified atom stereocenters. The molecular weight excluding hydrogens is 442 g/mol. The van der Waals surface area contributed by atoms with Crippen molar-refractivity contribution >= 4 is 45.8 Å². The standard InChI is InChI=1S/C27H21N5O3/c33-22-10-15-3-1-5-21-24(15)20(30-22)13-32(21)14-23(34)29-18-7-6-16-11-27(12-17(16)9-18)19-4-2-8-28-25(19)31-26(27)35/h1-9,13H,10-12,14H2,(H,29,34)(H,30,33)(H,28,31,35). The summed E-state index contributed by atoms with van der Waals surface area (Å²) in [7, 11) is 0. The number of amides is 3. The molecule has 2 aliphatic heterocycles. The molecule has 1 aliphatic carbocycles. The van der Waals surface area contributed by atoms with Crippen molar-refractivity contribution in [3.8, 4) is 0 Å². The van der Waals surface area contributed by atoms with Crippen LogP contribution >= 0.6 is 0 Å². The van der Waals surface area contributed by atoms with E-state index in [9.17, 15) is 14.4 Å². The molecule has 3 aliphatic rings. The Labute approximate surface area is 200 Å². The first-order valence-corrected chi connectivity index (χ1v) is 11.6. The molecule has 35 heavy (non-hydrogen) atoms. The SMILES string of the molecule is O=C(Cn1cc2c3c(cccc31)CC(=O)N2)Nc1ccc2c(c1)CC1(C2)C(=O)Nc2ncccc21. The summed E-state index contributed by atoms with van der Waals surface area (Å²) in [6.07, 6.45) is 5.04. The molecule has 0 saturated carbocycles. The third-order valence-corrected chi connectivity index (χ3v) is 7.40. The van der Waals surface area contributed by atoms with Crippen LogP contribution in [0, 0.1) is 0 Å². The number of pyridine rings is 1. The van der Waals surface area contributed by atoms with Gasteiger partial charge in [0.15, 0.2) is 0 Å². The van der Waals surface area contributed by atoms with Crippen molar-refractivity contribution in [3.63, 3.8) is 0 Å². The summed E-state index contributed by atoms with van der Waals surface area (Å²) >= 11 is 0. The van der Waals surface area contributed by atoms with Gasteiger partial charge in [-0.15, -0.1) is 0 Å². The molecule has 0 radical (unpaired) electrons. The highest BCUT2D eigenvalue weighted by atomic mass is 16.2. The van der Waals surface area contributed by atoms with Crippen molar-refractivity contribution in [1.82, 2.24) is 9.55 Å². The maximum absolute atomic E-state index is 13.0. The summed E-state index contributed by atoms with van der Waals surface area (Å²) < 4.78 is 1.87. The van der Waals surface area contributed by atoms with Crippen molar-refractivity contribution in [2.75, 3.05) is 16.0 Å². The first-order valence-electron chi connectivity index (χ1n) is 11.6. The van der Waals surface area contributed by atoms with Crippen molar-refractivity contribution < 1.29 is 14.4 Å². The Morgan fingerprint density at radius 1 is 1.03 bits per heavy atom. The minimum atomic E-state index is -0.635. The second-order valence-electron chi connectivity index (χ2n) is 9.53. The Morgan fingerprint density at radius 2 is 1.91 bits per heavy atom. The fourth-order valence-electron chi connectivity index (χ4n) is 5.87. The predicted octanol–water partition coefficient (Wildman–Crippen LogP) is 3.16. The number of fused-ring (bicyclic) bond motifs is 3. The van der Waals surface area contributed by atoms with E-state index in [1.807, 2.05) is 59.3 Å². The lowest BCUT2D eigenvalue weighted by Crippen LogP contribution is -2.35. The maximum atomic E-state index is 13.0. The minimum absolute atomic E-state index is 0.0212.